The molecule has 0 atom stereocenters. The Morgan fingerprint density at radius 1 is 1.55 bits per heavy atom. The van der Waals surface area contributed by atoms with Crippen molar-refractivity contribution in [1.29, 1.82) is 0 Å². The van der Waals surface area contributed by atoms with E-state index in [1.54, 1.807) is 5.38 Å². The maximum atomic E-state index is 9.93. The molecule has 0 spiro atoms. The molecule has 0 amide bonds. The monoisotopic (exact) mass is 202 g/mol. The minimum Gasteiger partial charge on any atom is -0.716 e. The van der Waals surface area contributed by atoms with Crippen molar-refractivity contribution in [1.82, 2.24) is 0 Å². The zero-order chi connectivity index (χ0) is 7.61. The Balaban J connectivity index is 0.000001000. The minimum atomic E-state index is -4.59. The Bertz CT molecular complexity index is 290. The van der Waals surface area contributed by atoms with Crippen LogP contribution in [0, 0.1) is 0 Å². The topological polar surface area (TPSA) is 66.4 Å². The summed E-state index contributed by atoms with van der Waals surface area (Å²) in [6.45, 7) is 0. The van der Waals surface area contributed by atoms with Gasteiger partial charge < -0.3 is 8.74 Å². The van der Waals surface area contributed by atoms with Gasteiger partial charge >= 0.3 is 29.6 Å². The average Bonchev–Trinajstić information content (AvgIpc) is 2.12. The summed E-state index contributed by atoms with van der Waals surface area (Å²) in [4.78, 5) is 0. The Morgan fingerprint density at radius 3 is 2.55 bits per heavy atom. The molecule has 56 valence electrons. The van der Waals surface area contributed by atoms with Gasteiger partial charge in [0.15, 0.2) is 5.75 Å². The number of hydrogen-bond acceptors (Lipinski definition) is 5. The predicted molar refractivity (Wildman–Crippen MR) is 34.6 cm³/mol. The molecule has 7 heteroatoms. The summed E-state index contributed by atoms with van der Waals surface area (Å²) in [5, 5.41) is 3.04. The largest absolute Gasteiger partial charge is 1.00 e. The van der Waals surface area contributed by atoms with E-state index in [0.29, 0.717) is 0 Å². The minimum absolute atomic E-state index is 0. The molecule has 0 bridgehead atoms. The van der Waals surface area contributed by atoms with Gasteiger partial charge in [-0.3, -0.25) is 0 Å². The fourth-order valence-electron chi connectivity index (χ4n) is 0.417. The van der Waals surface area contributed by atoms with Crippen LogP contribution in [0.4, 0.5) is 0 Å². The van der Waals surface area contributed by atoms with Crippen LogP contribution in [-0.4, -0.2) is 13.0 Å². The first kappa shape index (κ1) is 11.4. The summed E-state index contributed by atoms with van der Waals surface area (Å²) in [6, 6.07) is 1.40. The quantitative estimate of drug-likeness (QED) is 0.304. The van der Waals surface area contributed by atoms with Crippen LogP contribution in [0.5, 0.6) is 5.75 Å². The molecule has 4 nitrogen and oxygen atoms in total. The molecular formula is C4H3NaO4S2. The molecule has 0 unspecified atom stereocenters. The normalized spacial score (nSPS) is 10.3. The average molecular weight is 202 g/mol. The number of thiophene rings is 1. The van der Waals surface area contributed by atoms with Gasteiger partial charge in [0.05, 0.1) is 0 Å². The number of rotatable bonds is 2. The molecule has 1 aromatic heterocycles. The van der Waals surface area contributed by atoms with Gasteiger partial charge in [0.2, 0.25) is 0 Å². The van der Waals surface area contributed by atoms with Gasteiger partial charge in [-0.15, -0.1) is 11.3 Å². The van der Waals surface area contributed by atoms with E-state index >= 15 is 0 Å². The first-order valence-corrected chi connectivity index (χ1v) is 4.53. The van der Waals surface area contributed by atoms with Gasteiger partial charge in [-0.2, -0.15) is 0 Å². The van der Waals surface area contributed by atoms with E-state index in [1.165, 1.54) is 22.8 Å². The molecule has 0 N–H and O–H groups in total. The molecule has 0 saturated heterocycles. The van der Waals surface area contributed by atoms with Crippen LogP contribution in [0.15, 0.2) is 16.8 Å². The molecule has 1 heterocycles. The van der Waals surface area contributed by atoms with Crippen LogP contribution >= 0.6 is 11.3 Å². The van der Waals surface area contributed by atoms with E-state index in [1.807, 2.05) is 0 Å². The molecule has 0 saturated carbocycles. The molecule has 0 aliphatic rings. The van der Waals surface area contributed by atoms with Crippen molar-refractivity contribution < 1.29 is 46.7 Å². The van der Waals surface area contributed by atoms with Crippen LogP contribution < -0.4 is 33.7 Å². The first-order valence-electron chi connectivity index (χ1n) is 2.25. The zero-order valence-corrected chi connectivity index (χ0v) is 9.31. The maximum Gasteiger partial charge on any atom is 1.00 e. The Kier molecular flexibility index (Phi) is 4.60. The van der Waals surface area contributed by atoms with Crippen LogP contribution in [0.3, 0.4) is 0 Å². The molecule has 0 aromatic carbocycles. The predicted octanol–water partition coefficient (Wildman–Crippen LogP) is -2.41. The third-order valence-corrected chi connectivity index (χ3v) is 1.75. The zero-order valence-electron chi connectivity index (χ0n) is 5.68. The van der Waals surface area contributed by atoms with Crippen molar-refractivity contribution in [3.8, 4) is 5.75 Å². The fraction of sp³-hybridized carbons (Fsp3) is 0. The smallest absolute Gasteiger partial charge is 0.716 e. The summed E-state index contributed by atoms with van der Waals surface area (Å²) in [7, 11) is -4.59. The van der Waals surface area contributed by atoms with Crippen molar-refractivity contribution in [3.63, 3.8) is 0 Å². The second kappa shape index (κ2) is 4.44. The summed E-state index contributed by atoms with van der Waals surface area (Å²) in [5.74, 6) is 0.0694. The third-order valence-electron chi connectivity index (χ3n) is 0.693. The van der Waals surface area contributed by atoms with E-state index in [-0.39, 0.29) is 35.3 Å². The van der Waals surface area contributed by atoms with Crippen LogP contribution in [0.1, 0.15) is 0 Å². The van der Waals surface area contributed by atoms with Crippen molar-refractivity contribution in [2.45, 2.75) is 0 Å². The van der Waals surface area contributed by atoms with Crippen LogP contribution in [0.25, 0.3) is 0 Å². The fourth-order valence-corrected chi connectivity index (χ4v) is 1.37. The maximum absolute atomic E-state index is 9.93. The van der Waals surface area contributed by atoms with Crippen molar-refractivity contribution >= 4 is 21.7 Å². The molecule has 0 fully saturated rings. The van der Waals surface area contributed by atoms with Gasteiger partial charge in [-0.25, -0.2) is 8.42 Å². The summed E-state index contributed by atoms with van der Waals surface area (Å²) < 4.78 is 33.7. The summed E-state index contributed by atoms with van der Waals surface area (Å²) in [6.07, 6.45) is 0. The van der Waals surface area contributed by atoms with Crippen molar-refractivity contribution in [2.24, 2.45) is 0 Å². The number of hydrogen-bond donors (Lipinski definition) is 0. The van der Waals surface area contributed by atoms with Gasteiger partial charge in [0, 0.05) is 5.38 Å². The van der Waals surface area contributed by atoms with Gasteiger partial charge in [0.1, 0.15) is 0 Å². The molecule has 1 rings (SSSR count). The summed E-state index contributed by atoms with van der Waals surface area (Å²) >= 11 is 1.25. The van der Waals surface area contributed by atoms with Crippen LogP contribution in [-0.2, 0) is 10.4 Å². The van der Waals surface area contributed by atoms with Gasteiger partial charge in [-0.05, 0) is 11.4 Å². The molecule has 11 heavy (non-hydrogen) atoms. The second-order valence-corrected chi connectivity index (χ2v) is 3.21. The first-order chi connectivity index (χ1) is 4.58. The van der Waals surface area contributed by atoms with Gasteiger partial charge in [0.25, 0.3) is 10.4 Å². The third kappa shape index (κ3) is 4.78. The molecule has 0 aliphatic heterocycles. The Morgan fingerprint density at radius 2 is 2.18 bits per heavy atom. The Labute approximate surface area is 90.4 Å². The van der Waals surface area contributed by atoms with E-state index in [4.69, 9.17) is 0 Å². The SMILES string of the molecule is O=S(=O)([O-])Oc1ccsc1.[Na+]. The Hall–Kier alpha value is 0.410. The van der Waals surface area contributed by atoms with Crippen molar-refractivity contribution in [2.75, 3.05) is 0 Å². The molecule has 0 aliphatic carbocycles. The van der Waals surface area contributed by atoms with E-state index < -0.39 is 10.4 Å². The van der Waals surface area contributed by atoms with E-state index in [2.05, 4.69) is 4.18 Å². The van der Waals surface area contributed by atoms with Crippen LogP contribution in [0.2, 0.25) is 0 Å². The standard InChI is InChI=1S/C4H4O4S2.Na/c5-10(6,7)8-4-1-2-9-3-4;/h1-3H,(H,5,6,7);/q;+1/p-1. The van der Waals surface area contributed by atoms with E-state index in [9.17, 15) is 13.0 Å². The summed E-state index contributed by atoms with van der Waals surface area (Å²) in [5.41, 5.74) is 0. The van der Waals surface area contributed by atoms with E-state index in [0.717, 1.165) is 0 Å². The second-order valence-electron chi connectivity index (χ2n) is 1.45. The molecule has 1 aromatic rings. The van der Waals surface area contributed by atoms with Gasteiger partial charge in [-0.1, -0.05) is 0 Å². The molecular weight excluding hydrogens is 199 g/mol. The van der Waals surface area contributed by atoms with Crippen molar-refractivity contribution in [3.05, 3.63) is 16.8 Å². The molecule has 0 radical (unpaired) electrons.